The second-order valence-corrected chi connectivity index (χ2v) is 10.6. The molecule has 1 N–H and O–H groups in total. The summed E-state index contributed by atoms with van der Waals surface area (Å²) in [7, 11) is 1.68. The largest absolute Gasteiger partial charge is 0.494 e. The van der Waals surface area contributed by atoms with Crippen LogP contribution in [0.4, 0.5) is 11.4 Å². The van der Waals surface area contributed by atoms with Crippen molar-refractivity contribution in [3.63, 3.8) is 0 Å². The Morgan fingerprint density at radius 2 is 1.08 bits per heavy atom. The first-order valence-corrected chi connectivity index (χ1v) is 15.9. The van der Waals surface area contributed by atoms with Gasteiger partial charge in [-0.25, -0.2) is 9.59 Å². The van der Waals surface area contributed by atoms with E-state index in [1.54, 1.807) is 43.5 Å². The average molecular weight is 667 g/mol. The lowest BCUT2D eigenvalue weighted by molar-refractivity contribution is -0.138. The predicted octanol–water partition coefficient (Wildman–Crippen LogP) is 6.79. The van der Waals surface area contributed by atoms with Crippen LogP contribution in [0.2, 0.25) is 0 Å². The van der Waals surface area contributed by atoms with Gasteiger partial charge in [-0.05, 0) is 97.5 Å². The Morgan fingerprint density at radius 3 is 1.55 bits per heavy atom. The molecular formula is C39H42N2O8. The van der Waals surface area contributed by atoms with Crippen LogP contribution in [-0.2, 0) is 28.7 Å². The number of benzene rings is 3. The van der Waals surface area contributed by atoms with Crippen molar-refractivity contribution in [3.8, 4) is 11.5 Å². The van der Waals surface area contributed by atoms with E-state index in [9.17, 15) is 19.2 Å². The summed E-state index contributed by atoms with van der Waals surface area (Å²) in [4.78, 5) is 48.8. The molecule has 10 nitrogen and oxygen atoms in total. The number of anilines is 2. The number of ether oxygens (including phenoxy) is 4. The van der Waals surface area contributed by atoms with Crippen LogP contribution in [0.15, 0.2) is 110 Å². The Morgan fingerprint density at radius 1 is 0.633 bits per heavy atom. The first-order chi connectivity index (χ1) is 23.8. The van der Waals surface area contributed by atoms with E-state index < -0.39 is 11.9 Å². The number of likely N-dealkylation sites (N-methyl/N-ethyl adjacent to an activating group) is 1. The number of esters is 2. The quantitative estimate of drug-likeness (QED) is 0.0795. The van der Waals surface area contributed by atoms with Gasteiger partial charge in [0.2, 0.25) is 5.91 Å². The molecule has 3 aromatic carbocycles. The summed E-state index contributed by atoms with van der Waals surface area (Å²) in [5, 5.41) is 2.82. The van der Waals surface area contributed by atoms with Crippen LogP contribution < -0.4 is 19.7 Å². The van der Waals surface area contributed by atoms with E-state index in [0.29, 0.717) is 62.1 Å². The molecule has 0 bridgehead atoms. The van der Waals surface area contributed by atoms with Gasteiger partial charge in [0.1, 0.15) is 11.5 Å². The molecule has 49 heavy (non-hydrogen) atoms. The van der Waals surface area contributed by atoms with Crippen LogP contribution >= 0.6 is 0 Å². The van der Waals surface area contributed by atoms with Crippen molar-refractivity contribution in [1.29, 1.82) is 0 Å². The number of amides is 2. The molecule has 0 aromatic heterocycles. The van der Waals surface area contributed by atoms with Crippen LogP contribution in [0, 0.1) is 0 Å². The van der Waals surface area contributed by atoms with Gasteiger partial charge < -0.3 is 29.2 Å². The molecule has 0 atom stereocenters. The van der Waals surface area contributed by atoms with Crippen molar-refractivity contribution in [2.75, 3.05) is 43.7 Å². The number of carbonyl (C=O) groups excluding carboxylic acids is 4. The minimum Gasteiger partial charge on any atom is -0.494 e. The second kappa shape index (κ2) is 21.1. The highest BCUT2D eigenvalue weighted by molar-refractivity contribution is 6.04. The lowest BCUT2D eigenvalue weighted by Gasteiger charge is -2.16. The maximum atomic E-state index is 12.8. The summed E-state index contributed by atoms with van der Waals surface area (Å²) >= 11 is 0. The lowest BCUT2D eigenvalue weighted by atomic mass is 10.2. The predicted molar refractivity (Wildman–Crippen MR) is 191 cm³/mol. The first kappa shape index (κ1) is 37.6. The normalized spacial score (nSPS) is 10.7. The maximum absolute atomic E-state index is 12.8. The minimum atomic E-state index is -0.430. The smallest absolute Gasteiger partial charge is 0.330 e. The molecule has 256 valence electrons. The number of rotatable bonds is 20. The van der Waals surface area contributed by atoms with E-state index in [1.807, 2.05) is 48.5 Å². The van der Waals surface area contributed by atoms with Crippen molar-refractivity contribution >= 4 is 47.3 Å². The Kier molecular flexibility index (Phi) is 16.1. The molecule has 0 aliphatic heterocycles. The molecule has 0 fully saturated rings. The molecule has 2 amide bonds. The number of hydrogen-bond acceptors (Lipinski definition) is 8. The number of nitrogens with one attached hydrogen (secondary N) is 1. The van der Waals surface area contributed by atoms with E-state index >= 15 is 0 Å². The van der Waals surface area contributed by atoms with Crippen molar-refractivity contribution < 1.29 is 38.1 Å². The summed E-state index contributed by atoms with van der Waals surface area (Å²) in [6.45, 7) is 8.36. The van der Waals surface area contributed by atoms with Gasteiger partial charge in [-0.1, -0.05) is 37.4 Å². The summed E-state index contributed by atoms with van der Waals surface area (Å²) in [6, 6.07) is 21.7. The molecule has 0 unspecified atom stereocenters. The zero-order chi connectivity index (χ0) is 35.3. The van der Waals surface area contributed by atoms with Crippen molar-refractivity contribution in [2.24, 2.45) is 0 Å². The maximum Gasteiger partial charge on any atom is 0.330 e. The van der Waals surface area contributed by atoms with Gasteiger partial charge in [-0.3, -0.25) is 9.59 Å². The highest BCUT2D eigenvalue weighted by Crippen LogP contribution is 2.19. The fourth-order valence-corrected chi connectivity index (χ4v) is 4.13. The van der Waals surface area contributed by atoms with E-state index in [1.165, 1.54) is 17.1 Å². The van der Waals surface area contributed by atoms with Gasteiger partial charge in [0.05, 0.1) is 26.4 Å². The SMILES string of the molecule is C=CC(=O)OCCCCOc1ccc(C=CC(=O)Nc2ccc(N(C)C(=O)C=Cc3ccc(OCCCCOC(=O)C=C)cc3)cc2)cc1. The zero-order valence-corrected chi connectivity index (χ0v) is 27.7. The van der Waals surface area contributed by atoms with E-state index in [4.69, 9.17) is 18.9 Å². The summed E-state index contributed by atoms with van der Waals surface area (Å²) in [6.07, 6.45) is 11.5. The minimum absolute atomic E-state index is 0.208. The third-order valence-corrected chi connectivity index (χ3v) is 6.90. The Labute approximate surface area is 287 Å². The standard InChI is InChI=1S/C39H42N2O8/c1-4-38(44)48-28-8-6-26-46-34-20-10-30(11-21-34)14-24-36(42)40-32-16-18-33(19-17-32)41(3)37(43)25-15-31-12-22-35(23-13-31)47-27-7-9-29-49-39(45)5-2/h4-5,10-25H,1-2,6-9,26-29H2,3H3,(H,40,42). The van der Waals surface area contributed by atoms with Crippen LogP contribution in [0.3, 0.4) is 0 Å². The molecule has 3 rings (SSSR count). The van der Waals surface area contributed by atoms with Crippen molar-refractivity contribution in [3.05, 3.63) is 121 Å². The van der Waals surface area contributed by atoms with Crippen LogP contribution in [0.1, 0.15) is 36.8 Å². The van der Waals surface area contributed by atoms with Crippen LogP contribution in [0.5, 0.6) is 11.5 Å². The van der Waals surface area contributed by atoms with Gasteiger partial charge in [-0.2, -0.15) is 0 Å². The summed E-state index contributed by atoms with van der Waals surface area (Å²) < 4.78 is 21.3. The monoisotopic (exact) mass is 666 g/mol. The van der Waals surface area contributed by atoms with Crippen LogP contribution in [-0.4, -0.2) is 57.2 Å². The van der Waals surface area contributed by atoms with E-state index in [2.05, 4.69) is 18.5 Å². The molecule has 0 aliphatic rings. The van der Waals surface area contributed by atoms with Crippen LogP contribution in [0.25, 0.3) is 12.2 Å². The van der Waals surface area contributed by atoms with E-state index in [0.717, 1.165) is 36.1 Å². The van der Waals surface area contributed by atoms with Gasteiger partial charge in [0, 0.05) is 42.7 Å². The molecule has 10 heteroatoms. The number of carbonyl (C=O) groups is 4. The first-order valence-electron chi connectivity index (χ1n) is 15.9. The van der Waals surface area contributed by atoms with Gasteiger partial charge >= 0.3 is 11.9 Å². The van der Waals surface area contributed by atoms with E-state index in [-0.39, 0.29) is 11.8 Å². The van der Waals surface area contributed by atoms with Gasteiger partial charge in [0.15, 0.2) is 0 Å². The molecule has 0 heterocycles. The fraction of sp³-hybridized carbons (Fsp3) is 0.231. The molecule has 0 saturated carbocycles. The zero-order valence-electron chi connectivity index (χ0n) is 27.7. The van der Waals surface area contributed by atoms with Gasteiger partial charge in [-0.15, -0.1) is 0 Å². The average Bonchev–Trinajstić information content (AvgIpc) is 3.13. The topological polar surface area (TPSA) is 120 Å². The summed E-state index contributed by atoms with van der Waals surface area (Å²) in [5.41, 5.74) is 2.95. The molecular weight excluding hydrogens is 624 g/mol. The number of unbranched alkanes of at least 4 members (excludes halogenated alkanes) is 2. The summed E-state index contributed by atoms with van der Waals surface area (Å²) in [5.74, 6) is 0.0593. The number of nitrogens with zero attached hydrogens (tertiary/aromatic N) is 1. The second-order valence-electron chi connectivity index (χ2n) is 10.6. The third kappa shape index (κ3) is 14.6. The van der Waals surface area contributed by atoms with Gasteiger partial charge in [0.25, 0.3) is 5.91 Å². The highest BCUT2D eigenvalue weighted by atomic mass is 16.5. The molecule has 0 radical (unpaired) electrons. The van der Waals surface area contributed by atoms with Crippen molar-refractivity contribution in [1.82, 2.24) is 0 Å². The number of hydrogen-bond donors (Lipinski definition) is 1. The Bertz CT molecular complexity index is 1590. The lowest BCUT2D eigenvalue weighted by Crippen LogP contribution is -2.23. The third-order valence-electron chi connectivity index (χ3n) is 6.90. The van der Waals surface area contributed by atoms with Crippen molar-refractivity contribution in [2.45, 2.75) is 25.7 Å². The molecule has 0 aliphatic carbocycles. The Hall–Kier alpha value is -5.90. The highest BCUT2D eigenvalue weighted by Gasteiger charge is 2.08. The molecule has 0 saturated heterocycles. The Balaban J connectivity index is 1.37. The fourth-order valence-electron chi connectivity index (χ4n) is 4.13. The molecule has 3 aromatic rings. The molecule has 0 spiro atoms.